The molecule has 0 bridgehead atoms. The highest BCUT2D eigenvalue weighted by Crippen LogP contribution is 2.21. The topological polar surface area (TPSA) is 90.5 Å². The number of carbonyl (C=O) groups is 1. The third-order valence-electron chi connectivity index (χ3n) is 5.40. The maximum absolute atomic E-state index is 12.9. The van der Waals surface area contributed by atoms with E-state index >= 15 is 0 Å². The van der Waals surface area contributed by atoms with Crippen molar-refractivity contribution < 1.29 is 9.53 Å². The van der Waals surface area contributed by atoms with Gasteiger partial charge in [0.15, 0.2) is 5.16 Å². The fraction of sp³-hybridized carbons (Fsp3) is 0.280. The van der Waals surface area contributed by atoms with Crippen LogP contribution in [0.2, 0.25) is 0 Å². The summed E-state index contributed by atoms with van der Waals surface area (Å²) in [4.78, 5) is 25.2. The van der Waals surface area contributed by atoms with E-state index in [0.29, 0.717) is 41.5 Å². The lowest BCUT2D eigenvalue weighted by Crippen LogP contribution is -2.27. The number of fused-ring (bicyclic) bond motifs is 3. The molecule has 0 spiro atoms. The van der Waals surface area contributed by atoms with Gasteiger partial charge in [0.05, 0.1) is 22.8 Å². The van der Waals surface area contributed by atoms with Crippen LogP contribution in [-0.2, 0) is 16.1 Å². The van der Waals surface area contributed by atoms with Gasteiger partial charge in [-0.1, -0.05) is 60.3 Å². The Morgan fingerprint density at radius 3 is 2.74 bits per heavy atom. The molecular formula is C25H27N5O3S. The van der Waals surface area contributed by atoms with Crippen LogP contribution in [-0.4, -0.2) is 44.0 Å². The van der Waals surface area contributed by atoms with E-state index in [1.165, 1.54) is 16.3 Å². The summed E-state index contributed by atoms with van der Waals surface area (Å²) in [6.45, 7) is 7.16. The van der Waals surface area contributed by atoms with Gasteiger partial charge < -0.3 is 10.1 Å². The summed E-state index contributed by atoms with van der Waals surface area (Å²) in [5, 5.41) is 12.5. The molecule has 1 unspecified atom stereocenters. The Bertz CT molecular complexity index is 1350. The molecule has 176 valence electrons. The van der Waals surface area contributed by atoms with Gasteiger partial charge >= 0.3 is 0 Å². The summed E-state index contributed by atoms with van der Waals surface area (Å²) >= 11 is 1.28. The van der Waals surface area contributed by atoms with Gasteiger partial charge in [0.25, 0.3) is 5.56 Å². The van der Waals surface area contributed by atoms with E-state index in [4.69, 9.17) is 4.74 Å². The second-order valence-electron chi connectivity index (χ2n) is 7.76. The zero-order valence-corrected chi connectivity index (χ0v) is 19.8. The third-order valence-corrected chi connectivity index (χ3v) is 6.33. The molecule has 34 heavy (non-hydrogen) atoms. The normalized spacial score (nSPS) is 12.1. The Morgan fingerprint density at radius 1 is 1.18 bits per heavy atom. The van der Waals surface area contributed by atoms with Crippen LogP contribution in [0.25, 0.3) is 16.7 Å². The first-order chi connectivity index (χ1) is 16.6. The van der Waals surface area contributed by atoms with E-state index in [9.17, 15) is 9.59 Å². The van der Waals surface area contributed by atoms with Crippen LogP contribution in [0, 0.1) is 0 Å². The number of aromatic nitrogens is 4. The molecule has 1 amide bonds. The van der Waals surface area contributed by atoms with Gasteiger partial charge in [0, 0.05) is 19.7 Å². The lowest BCUT2D eigenvalue weighted by Gasteiger charge is -2.13. The predicted octanol–water partition coefficient (Wildman–Crippen LogP) is 3.61. The summed E-state index contributed by atoms with van der Waals surface area (Å²) in [6, 6.07) is 17.4. The van der Waals surface area contributed by atoms with E-state index in [2.05, 4.69) is 22.1 Å². The molecule has 0 saturated heterocycles. The molecule has 0 saturated carbocycles. The molecule has 9 heteroatoms. The number of benzene rings is 2. The Kier molecular flexibility index (Phi) is 7.76. The highest BCUT2D eigenvalue weighted by atomic mass is 32.2. The Balaban J connectivity index is 1.34. The van der Waals surface area contributed by atoms with Gasteiger partial charge in [0.1, 0.15) is 0 Å². The quantitative estimate of drug-likeness (QED) is 0.202. The average molecular weight is 478 g/mol. The van der Waals surface area contributed by atoms with Crippen LogP contribution in [0.4, 0.5) is 0 Å². The minimum Gasteiger partial charge on any atom is -0.374 e. The first-order valence-electron chi connectivity index (χ1n) is 11.1. The first-order valence-corrected chi connectivity index (χ1v) is 12.1. The van der Waals surface area contributed by atoms with Crippen molar-refractivity contribution in [1.29, 1.82) is 0 Å². The molecule has 0 aliphatic rings. The standard InChI is InChI=1S/C25H27N5O3S/c1-3-15-29-23(32)20-12-7-8-13-21(20)30-24(29)27-28-25(30)34-17-22(31)26-14-9-16-33-18(2)19-10-5-4-6-11-19/h3-8,10-13,18H,1,9,14-17H2,2H3,(H,26,31). The SMILES string of the molecule is C=CCn1c(=O)c2ccccc2n2c(SCC(=O)NCCCOC(C)c3ccccc3)nnc12. The lowest BCUT2D eigenvalue weighted by molar-refractivity contribution is -0.118. The van der Waals surface area contributed by atoms with Crippen molar-refractivity contribution in [2.45, 2.75) is 31.1 Å². The second kappa shape index (κ2) is 11.1. The van der Waals surface area contributed by atoms with Crippen LogP contribution in [0.1, 0.15) is 25.0 Å². The average Bonchev–Trinajstić information content (AvgIpc) is 3.29. The van der Waals surface area contributed by atoms with Gasteiger partial charge in [0.2, 0.25) is 11.7 Å². The number of para-hydroxylation sites is 1. The molecule has 8 nitrogen and oxygen atoms in total. The van der Waals surface area contributed by atoms with Crippen molar-refractivity contribution in [3.05, 3.63) is 83.2 Å². The smallest absolute Gasteiger partial charge is 0.263 e. The van der Waals surface area contributed by atoms with Crippen molar-refractivity contribution in [2.24, 2.45) is 0 Å². The summed E-state index contributed by atoms with van der Waals surface area (Å²) in [7, 11) is 0. The number of hydrogen-bond acceptors (Lipinski definition) is 6. The van der Waals surface area contributed by atoms with Gasteiger partial charge in [-0.3, -0.25) is 18.6 Å². The van der Waals surface area contributed by atoms with Crippen LogP contribution >= 0.6 is 11.8 Å². The van der Waals surface area contributed by atoms with E-state index in [1.54, 1.807) is 12.1 Å². The highest BCUT2D eigenvalue weighted by Gasteiger charge is 2.17. The predicted molar refractivity (Wildman–Crippen MR) is 134 cm³/mol. The molecule has 2 heterocycles. The maximum atomic E-state index is 12.9. The van der Waals surface area contributed by atoms with Crippen molar-refractivity contribution in [3.63, 3.8) is 0 Å². The number of ether oxygens (including phenoxy) is 1. The molecular weight excluding hydrogens is 450 g/mol. The number of allylic oxidation sites excluding steroid dienone is 1. The van der Waals surface area contributed by atoms with Crippen molar-refractivity contribution in [3.8, 4) is 0 Å². The number of hydrogen-bond donors (Lipinski definition) is 1. The molecule has 0 aliphatic heterocycles. The molecule has 0 aliphatic carbocycles. The van der Waals surface area contributed by atoms with E-state index in [1.807, 2.05) is 59.9 Å². The number of nitrogens with zero attached hydrogens (tertiary/aromatic N) is 4. The summed E-state index contributed by atoms with van der Waals surface area (Å²) < 4.78 is 9.19. The number of carbonyl (C=O) groups excluding carboxylic acids is 1. The Morgan fingerprint density at radius 2 is 1.94 bits per heavy atom. The van der Waals surface area contributed by atoms with Gasteiger partial charge in [-0.05, 0) is 31.0 Å². The van der Waals surface area contributed by atoms with E-state index < -0.39 is 0 Å². The molecule has 1 atom stereocenters. The lowest BCUT2D eigenvalue weighted by atomic mass is 10.1. The minimum absolute atomic E-state index is 0.0157. The Labute approximate surface area is 201 Å². The van der Waals surface area contributed by atoms with Gasteiger partial charge in [-0.25, -0.2) is 0 Å². The maximum Gasteiger partial charge on any atom is 0.263 e. The summed E-state index contributed by atoms with van der Waals surface area (Å²) in [5.74, 6) is 0.523. The molecule has 1 N–H and O–H groups in total. The molecule has 0 radical (unpaired) electrons. The Hall–Kier alpha value is -3.43. The molecule has 0 fully saturated rings. The monoisotopic (exact) mass is 477 g/mol. The first kappa shape index (κ1) is 23.7. The second-order valence-corrected chi connectivity index (χ2v) is 8.70. The third kappa shape index (κ3) is 5.21. The molecule has 4 aromatic rings. The molecule has 4 rings (SSSR count). The number of nitrogens with one attached hydrogen (secondary N) is 1. The van der Waals surface area contributed by atoms with E-state index in [-0.39, 0.29) is 23.3 Å². The van der Waals surface area contributed by atoms with Gasteiger partial charge in [-0.2, -0.15) is 0 Å². The van der Waals surface area contributed by atoms with Crippen LogP contribution in [0.15, 0.2) is 77.2 Å². The zero-order valence-electron chi connectivity index (χ0n) is 19.0. The number of amides is 1. The van der Waals surface area contributed by atoms with Crippen LogP contribution in [0.3, 0.4) is 0 Å². The number of rotatable bonds is 11. The fourth-order valence-corrected chi connectivity index (χ4v) is 4.45. The largest absolute Gasteiger partial charge is 0.374 e. The minimum atomic E-state index is -0.145. The van der Waals surface area contributed by atoms with Crippen LogP contribution < -0.4 is 10.9 Å². The number of thioether (sulfide) groups is 1. The van der Waals surface area contributed by atoms with Gasteiger partial charge in [-0.15, -0.1) is 16.8 Å². The zero-order chi connectivity index (χ0) is 23.9. The molecule has 2 aromatic carbocycles. The van der Waals surface area contributed by atoms with Crippen LogP contribution in [0.5, 0.6) is 0 Å². The van der Waals surface area contributed by atoms with Crippen molar-refractivity contribution in [2.75, 3.05) is 18.9 Å². The van der Waals surface area contributed by atoms with E-state index in [0.717, 1.165) is 12.0 Å². The highest BCUT2D eigenvalue weighted by molar-refractivity contribution is 7.99. The summed E-state index contributed by atoms with van der Waals surface area (Å²) in [6.07, 6.45) is 2.39. The molecule has 2 aromatic heterocycles. The van der Waals surface area contributed by atoms with Crippen molar-refractivity contribution in [1.82, 2.24) is 24.5 Å². The summed E-state index contributed by atoms with van der Waals surface area (Å²) in [5.41, 5.74) is 1.70. The fourth-order valence-electron chi connectivity index (χ4n) is 3.68. The van der Waals surface area contributed by atoms with Crippen molar-refractivity contribution >= 4 is 34.3 Å².